The minimum Gasteiger partial charge on any atom is -0.334 e. The van der Waals surface area contributed by atoms with Crippen LogP contribution in [0, 0.1) is 0 Å². The van der Waals surface area contributed by atoms with Gasteiger partial charge in [-0.15, -0.1) is 0 Å². The molecule has 2 unspecified atom stereocenters. The van der Waals surface area contributed by atoms with Gasteiger partial charge in [0.25, 0.3) is 0 Å². The molecule has 0 saturated heterocycles. The summed E-state index contributed by atoms with van der Waals surface area (Å²) in [5.41, 5.74) is 10.5. The van der Waals surface area contributed by atoms with Gasteiger partial charge in [-0.05, 0) is 95.8 Å². The van der Waals surface area contributed by atoms with Crippen LogP contribution in [0.5, 0.6) is 0 Å². The average Bonchev–Trinajstić information content (AvgIpc) is 3.37. The van der Waals surface area contributed by atoms with Crippen molar-refractivity contribution in [1.82, 2.24) is 4.57 Å². The highest BCUT2D eigenvalue weighted by atomic mass is 35.5. The van der Waals surface area contributed by atoms with Gasteiger partial charge in [-0.2, -0.15) is 0 Å². The number of fused-ring (bicyclic) bond motifs is 6. The molecule has 43 heavy (non-hydrogen) atoms. The Morgan fingerprint density at radius 1 is 0.651 bits per heavy atom. The highest BCUT2D eigenvalue weighted by Crippen LogP contribution is 2.61. The van der Waals surface area contributed by atoms with Gasteiger partial charge in [-0.1, -0.05) is 103 Å². The van der Waals surface area contributed by atoms with Crippen LogP contribution >= 0.6 is 11.6 Å². The van der Waals surface area contributed by atoms with Gasteiger partial charge in [-0.25, -0.2) is 0 Å². The number of rotatable bonds is 2. The third-order valence-electron chi connectivity index (χ3n) is 10.9. The van der Waals surface area contributed by atoms with E-state index in [0.29, 0.717) is 0 Å². The molecule has 0 radical (unpaired) electrons. The Kier molecular flexibility index (Phi) is 6.23. The summed E-state index contributed by atoms with van der Waals surface area (Å²) in [6.07, 6.45) is 4.91. The maximum Gasteiger partial charge on any atom is 0.0541 e. The van der Waals surface area contributed by atoms with Crippen molar-refractivity contribution in [3.05, 3.63) is 101 Å². The maximum absolute atomic E-state index is 7.06. The average molecular weight is 589 g/mol. The van der Waals surface area contributed by atoms with E-state index < -0.39 is 0 Å². The van der Waals surface area contributed by atoms with Crippen LogP contribution in [0.1, 0.15) is 97.8 Å². The first kappa shape index (κ1) is 28.5. The second-order valence-electron chi connectivity index (χ2n) is 15.6. The minimum atomic E-state index is -0.0130. The third kappa shape index (κ3) is 4.20. The van der Waals surface area contributed by atoms with Crippen molar-refractivity contribution >= 4 is 44.8 Å². The predicted molar refractivity (Wildman–Crippen MR) is 186 cm³/mol. The van der Waals surface area contributed by atoms with Crippen LogP contribution in [0.25, 0.3) is 27.5 Å². The number of aromatic nitrogens is 1. The number of anilines is 2. The number of benzene rings is 4. The predicted octanol–water partition coefficient (Wildman–Crippen LogP) is 11.8. The molecule has 2 aliphatic rings. The zero-order valence-corrected chi connectivity index (χ0v) is 27.9. The number of nitrogens with zero attached hydrogens (tertiary/aromatic N) is 2. The summed E-state index contributed by atoms with van der Waals surface area (Å²) in [6, 6.07) is 29.8. The lowest BCUT2D eigenvalue weighted by molar-refractivity contribution is 0.195. The molecule has 1 aliphatic heterocycles. The maximum atomic E-state index is 7.06. The second-order valence-corrected chi connectivity index (χ2v) is 16.1. The van der Waals surface area contributed by atoms with Crippen LogP contribution in [0.2, 0.25) is 5.02 Å². The van der Waals surface area contributed by atoms with E-state index in [1.54, 1.807) is 0 Å². The molecule has 0 spiro atoms. The number of hydrogen-bond donors (Lipinski definition) is 0. The molecule has 2 nitrogen and oxygen atoms in total. The molecule has 3 heteroatoms. The topological polar surface area (TPSA) is 8.17 Å². The molecule has 1 fully saturated rings. The smallest absolute Gasteiger partial charge is 0.0541 e. The molecule has 7 rings (SSSR count). The van der Waals surface area contributed by atoms with Gasteiger partial charge >= 0.3 is 0 Å². The van der Waals surface area contributed by atoms with Crippen molar-refractivity contribution in [1.29, 1.82) is 0 Å². The first-order chi connectivity index (χ1) is 20.2. The Labute approximate surface area is 262 Å². The monoisotopic (exact) mass is 588 g/mol. The first-order valence-electron chi connectivity index (χ1n) is 16.0. The zero-order valence-electron chi connectivity index (χ0n) is 27.1. The third-order valence-corrected chi connectivity index (χ3v) is 11.1. The Bertz CT molecular complexity index is 1830. The molecule has 5 aromatic rings. The first-order valence-corrected chi connectivity index (χ1v) is 16.4. The molecule has 2 atom stereocenters. The van der Waals surface area contributed by atoms with Crippen molar-refractivity contribution in [2.24, 2.45) is 0 Å². The lowest BCUT2D eigenvalue weighted by atomic mass is 9.61. The van der Waals surface area contributed by atoms with Gasteiger partial charge in [0.15, 0.2) is 0 Å². The Balaban J connectivity index is 1.49. The summed E-state index contributed by atoms with van der Waals surface area (Å²) in [5, 5.41) is 3.37. The summed E-state index contributed by atoms with van der Waals surface area (Å²) in [6.45, 7) is 18.7. The zero-order chi connectivity index (χ0) is 30.5. The Morgan fingerprint density at radius 2 is 1.21 bits per heavy atom. The molecule has 2 heterocycles. The van der Waals surface area contributed by atoms with Crippen LogP contribution in [0.4, 0.5) is 11.4 Å². The van der Waals surface area contributed by atoms with E-state index in [0.717, 1.165) is 10.7 Å². The lowest BCUT2D eigenvalue weighted by Crippen LogP contribution is -2.54. The van der Waals surface area contributed by atoms with Gasteiger partial charge in [0, 0.05) is 38.3 Å². The highest BCUT2D eigenvalue weighted by molar-refractivity contribution is 6.31. The minimum absolute atomic E-state index is 0.0130. The Morgan fingerprint density at radius 3 is 1.81 bits per heavy atom. The van der Waals surface area contributed by atoms with E-state index in [1.807, 2.05) is 0 Å². The summed E-state index contributed by atoms with van der Waals surface area (Å²) in [7, 11) is 0. The van der Waals surface area contributed by atoms with Crippen LogP contribution in [-0.4, -0.2) is 10.1 Å². The number of para-hydroxylation sites is 1. The van der Waals surface area contributed by atoms with Crippen molar-refractivity contribution in [3.63, 3.8) is 0 Å². The summed E-state index contributed by atoms with van der Waals surface area (Å²) >= 11 is 7.06. The molecule has 222 valence electrons. The van der Waals surface area contributed by atoms with Crippen LogP contribution < -0.4 is 4.90 Å². The molecule has 1 aromatic heterocycles. The molecule has 0 N–H and O–H groups in total. The van der Waals surface area contributed by atoms with E-state index in [9.17, 15) is 0 Å². The van der Waals surface area contributed by atoms with E-state index in [4.69, 9.17) is 11.6 Å². The normalized spacial score (nSPS) is 22.3. The van der Waals surface area contributed by atoms with E-state index >= 15 is 0 Å². The fraction of sp³-hybridized carbons (Fsp3) is 0.400. The molecular formula is C40H45ClN2. The van der Waals surface area contributed by atoms with Gasteiger partial charge in [0.2, 0.25) is 0 Å². The van der Waals surface area contributed by atoms with Crippen molar-refractivity contribution < 1.29 is 0 Å². The van der Waals surface area contributed by atoms with Crippen molar-refractivity contribution in [2.45, 2.75) is 103 Å². The molecule has 1 aliphatic carbocycles. The SMILES string of the molecule is CC(C)(C)c1ccc2c(c1)c1cc(C(C)(C)C)ccc1n2-c1cc(Cl)cc(N2c3ccccc3C3(C)CCCCC23C)c1. The fourth-order valence-corrected chi connectivity index (χ4v) is 8.38. The largest absolute Gasteiger partial charge is 0.334 e. The van der Waals surface area contributed by atoms with Crippen LogP contribution in [0.3, 0.4) is 0 Å². The second kappa shape index (κ2) is 9.38. The highest BCUT2D eigenvalue weighted by Gasteiger charge is 2.57. The summed E-state index contributed by atoms with van der Waals surface area (Å²) < 4.78 is 2.43. The molecule has 1 saturated carbocycles. The van der Waals surface area contributed by atoms with Crippen LogP contribution in [0.15, 0.2) is 78.9 Å². The Hall–Kier alpha value is -3.23. The lowest BCUT2D eigenvalue weighted by Gasteiger charge is -2.50. The molecular weight excluding hydrogens is 544 g/mol. The van der Waals surface area contributed by atoms with E-state index in [1.165, 1.54) is 75.6 Å². The van der Waals surface area contributed by atoms with Gasteiger partial charge in [-0.3, -0.25) is 0 Å². The summed E-state index contributed by atoms with van der Waals surface area (Å²) in [4.78, 5) is 2.63. The van der Waals surface area contributed by atoms with Crippen LogP contribution in [-0.2, 0) is 16.2 Å². The molecule has 4 aromatic carbocycles. The molecule has 0 amide bonds. The van der Waals surface area contributed by atoms with Crippen molar-refractivity contribution in [3.8, 4) is 5.69 Å². The number of hydrogen-bond acceptors (Lipinski definition) is 1. The quantitative estimate of drug-likeness (QED) is 0.199. The molecule has 0 bridgehead atoms. The van der Waals surface area contributed by atoms with E-state index in [2.05, 4.69) is 144 Å². The standard InChI is InChI=1S/C40H45ClN2/c1-37(2,3)26-15-17-34-31(21-26)32-22-27(38(4,5)6)16-18-35(32)42(34)29-23-28(41)24-30(25-29)43-36-14-10-9-13-33(36)39(7)19-11-12-20-40(39,43)8/h9-10,13-18,21-25H,11-12,19-20H2,1-8H3. The van der Waals surface area contributed by atoms with E-state index in [-0.39, 0.29) is 21.8 Å². The van der Waals surface area contributed by atoms with Gasteiger partial charge in [0.05, 0.1) is 16.6 Å². The van der Waals surface area contributed by atoms with Crippen molar-refractivity contribution in [2.75, 3.05) is 4.90 Å². The van der Waals surface area contributed by atoms with Gasteiger partial charge in [0.1, 0.15) is 0 Å². The van der Waals surface area contributed by atoms with Gasteiger partial charge < -0.3 is 9.47 Å². The fourth-order valence-electron chi connectivity index (χ4n) is 8.15. The number of halogens is 1. The summed E-state index contributed by atoms with van der Waals surface area (Å²) in [5.74, 6) is 0.